The predicted octanol–water partition coefficient (Wildman–Crippen LogP) is 1.28. The van der Waals surface area contributed by atoms with Crippen LogP contribution in [0.25, 0.3) is 10.9 Å². The highest BCUT2D eigenvalue weighted by Gasteiger charge is 2.11. The summed E-state index contributed by atoms with van der Waals surface area (Å²) in [5.41, 5.74) is 1.09. The van der Waals surface area contributed by atoms with Crippen molar-refractivity contribution in [1.82, 2.24) is 4.98 Å². The third-order valence-corrected chi connectivity index (χ3v) is 2.22. The normalized spacial score (nSPS) is 10.6. The molecule has 0 unspecified atom stereocenters. The first-order valence-electron chi connectivity index (χ1n) is 4.86. The fourth-order valence-corrected chi connectivity index (χ4v) is 1.55. The Morgan fingerprint density at radius 1 is 1.50 bits per heavy atom. The highest BCUT2D eigenvalue weighted by molar-refractivity contribution is 6.38. The molecule has 0 spiro atoms. The average molecular weight is 217 g/mol. The Kier molecular flexibility index (Phi) is 2.68. The van der Waals surface area contributed by atoms with E-state index in [4.69, 9.17) is 12.6 Å². The first-order chi connectivity index (χ1) is 7.61. The quantitative estimate of drug-likeness (QED) is 0.608. The number of hydrogen-bond acceptors (Lipinski definition) is 2. The SMILES string of the molecule is [B]c1cc(F)cc2cc(C(=O)OCC)[nH]c12. The fourth-order valence-electron chi connectivity index (χ4n) is 1.55. The van der Waals surface area contributed by atoms with Gasteiger partial charge in [0.2, 0.25) is 0 Å². The van der Waals surface area contributed by atoms with Crippen LogP contribution < -0.4 is 5.46 Å². The minimum atomic E-state index is -0.474. The van der Waals surface area contributed by atoms with Crippen molar-refractivity contribution >= 4 is 30.2 Å². The lowest BCUT2D eigenvalue weighted by Gasteiger charge is -1.97. The average Bonchev–Trinajstić information content (AvgIpc) is 2.62. The van der Waals surface area contributed by atoms with Gasteiger partial charge in [0.05, 0.1) is 6.61 Å². The number of aromatic nitrogens is 1. The van der Waals surface area contributed by atoms with Crippen molar-refractivity contribution in [3.8, 4) is 0 Å². The second-order valence-electron chi connectivity index (χ2n) is 3.36. The summed E-state index contributed by atoms with van der Waals surface area (Å²) in [4.78, 5) is 14.2. The van der Waals surface area contributed by atoms with Gasteiger partial charge in [-0.1, -0.05) is 5.46 Å². The van der Waals surface area contributed by atoms with Crippen molar-refractivity contribution in [1.29, 1.82) is 0 Å². The summed E-state index contributed by atoms with van der Waals surface area (Å²) in [5.74, 6) is -0.905. The van der Waals surface area contributed by atoms with Crippen LogP contribution in [0, 0.1) is 5.82 Å². The van der Waals surface area contributed by atoms with Gasteiger partial charge in [0.15, 0.2) is 0 Å². The van der Waals surface area contributed by atoms with Crippen LogP contribution in [0.2, 0.25) is 0 Å². The van der Waals surface area contributed by atoms with Gasteiger partial charge in [0.1, 0.15) is 19.4 Å². The Balaban J connectivity index is 2.51. The van der Waals surface area contributed by atoms with Crippen LogP contribution in [0.3, 0.4) is 0 Å². The molecule has 0 aliphatic rings. The molecule has 0 aliphatic carbocycles. The van der Waals surface area contributed by atoms with Crippen molar-refractivity contribution in [3.05, 3.63) is 29.7 Å². The van der Waals surface area contributed by atoms with Crippen LogP contribution >= 0.6 is 0 Å². The predicted molar refractivity (Wildman–Crippen MR) is 59.6 cm³/mol. The molecule has 0 amide bonds. The van der Waals surface area contributed by atoms with Crippen LogP contribution in [-0.4, -0.2) is 25.4 Å². The molecule has 2 radical (unpaired) electrons. The molecule has 2 aromatic rings. The monoisotopic (exact) mass is 217 g/mol. The van der Waals surface area contributed by atoms with E-state index in [-0.39, 0.29) is 17.8 Å². The number of rotatable bonds is 2. The van der Waals surface area contributed by atoms with Gasteiger partial charge in [-0.3, -0.25) is 0 Å². The molecule has 1 N–H and O–H groups in total. The molecule has 0 atom stereocenters. The van der Waals surface area contributed by atoms with Crippen molar-refractivity contribution in [2.75, 3.05) is 6.61 Å². The zero-order chi connectivity index (χ0) is 11.7. The summed E-state index contributed by atoms with van der Waals surface area (Å²) in [5, 5.41) is 0.556. The van der Waals surface area contributed by atoms with Gasteiger partial charge in [0, 0.05) is 10.9 Å². The number of fused-ring (bicyclic) bond motifs is 1. The molecule has 0 fully saturated rings. The lowest BCUT2D eigenvalue weighted by molar-refractivity contribution is 0.0520. The van der Waals surface area contributed by atoms with E-state index >= 15 is 0 Å². The molecule has 0 bridgehead atoms. The van der Waals surface area contributed by atoms with Gasteiger partial charge < -0.3 is 9.72 Å². The van der Waals surface area contributed by atoms with E-state index in [1.807, 2.05) is 0 Å². The zero-order valence-electron chi connectivity index (χ0n) is 8.71. The zero-order valence-corrected chi connectivity index (χ0v) is 8.71. The van der Waals surface area contributed by atoms with Gasteiger partial charge in [-0.05, 0) is 25.1 Å². The van der Waals surface area contributed by atoms with E-state index in [0.29, 0.717) is 10.9 Å². The lowest BCUT2D eigenvalue weighted by Crippen LogP contribution is -2.07. The molecule has 0 aliphatic heterocycles. The highest BCUT2D eigenvalue weighted by atomic mass is 19.1. The molecular formula is C11H9BFNO2. The number of carbonyl (C=O) groups excluding carboxylic acids is 1. The maximum Gasteiger partial charge on any atom is 0.354 e. The number of ether oxygens (including phenoxy) is 1. The van der Waals surface area contributed by atoms with Crippen molar-refractivity contribution in [2.24, 2.45) is 0 Å². The number of esters is 1. The van der Waals surface area contributed by atoms with E-state index in [9.17, 15) is 9.18 Å². The summed E-state index contributed by atoms with van der Waals surface area (Å²) < 4.78 is 17.9. The van der Waals surface area contributed by atoms with Gasteiger partial charge in [-0.2, -0.15) is 0 Å². The van der Waals surface area contributed by atoms with Gasteiger partial charge in [-0.25, -0.2) is 9.18 Å². The minimum absolute atomic E-state index is 0.269. The smallest absolute Gasteiger partial charge is 0.354 e. The molecule has 3 nitrogen and oxygen atoms in total. The first kappa shape index (κ1) is 10.7. The van der Waals surface area contributed by atoms with Crippen molar-refractivity contribution < 1.29 is 13.9 Å². The summed E-state index contributed by atoms with van der Waals surface area (Å²) in [7, 11) is 5.62. The van der Waals surface area contributed by atoms with Crippen molar-refractivity contribution in [3.63, 3.8) is 0 Å². The summed E-state index contributed by atoms with van der Waals surface area (Å²) >= 11 is 0. The number of H-pyrrole nitrogens is 1. The van der Waals surface area contributed by atoms with Crippen LogP contribution in [0.15, 0.2) is 18.2 Å². The Morgan fingerprint density at radius 3 is 2.94 bits per heavy atom. The fraction of sp³-hybridized carbons (Fsp3) is 0.182. The van der Waals surface area contributed by atoms with E-state index in [0.717, 1.165) is 0 Å². The van der Waals surface area contributed by atoms with Crippen LogP contribution in [0.1, 0.15) is 17.4 Å². The van der Waals surface area contributed by atoms with E-state index in [1.165, 1.54) is 18.2 Å². The molecule has 1 aromatic heterocycles. The number of halogens is 1. The third-order valence-electron chi connectivity index (χ3n) is 2.22. The van der Waals surface area contributed by atoms with Crippen LogP contribution in [0.5, 0.6) is 0 Å². The van der Waals surface area contributed by atoms with Gasteiger partial charge >= 0.3 is 5.97 Å². The number of benzene rings is 1. The molecule has 1 aromatic carbocycles. The Hall–Kier alpha value is -1.78. The van der Waals surface area contributed by atoms with Crippen molar-refractivity contribution in [2.45, 2.75) is 6.92 Å². The standard InChI is InChI=1S/C11H9BFNO2/c1-2-16-11(15)9-4-6-3-7(13)5-8(12)10(6)14-9/h3-5,14H,2H2,1H3. The summed E-state index contributed by atoms with van der Waals surface area (Å²) in [6.07, 6.45) is 0. The topological polar surface area (TPSA) is 42.1 Å². The summed E-state index contributed by atoms with van der Waals surface area (Å²) in [6, 6.07) is 4.03. The maximum atomic E-state index is 13.0. The molecular weight excluding hydrogens is 208 g/mol. The largest absolute Gasteiger partial charge is 0.461 e. The number of hydrogen-bond donors (Lipinski definition) is 1. The van der Waals surface area contributed by atoms with Gasteiger partial charge in [0.25, 0.3) is 0 Å². The van der Waals surface area contributed by atoms with E-state index in [2.05, 4.69) is 4.98 Å². The molecule has 0 saturated carbocycles. The van der Waals surface area contributed by atoms with E-state index < -0.39 is 11.8 Å². The minimum Gasteiger partial charge on any atom is -0.461 e. The Morgan fingerprint density at radius 2 is 2.25 bits per heavy atom. The molecule has 2 rings (SSSR count). The second-order valence-corrected chi connectivity index (χ2v) is 3.36. The third kappa shape index (κ3) is 1.80. The first-order valence-corrected chi connectivity index (χ1v) is 4.86. The summed E-state index contributed by atoms with van der Waals surface area (Å²) in [6.45, 7) is 2.01. The number of aromatic amines is 1. The van der Waals surface area contributed by atoms with Gasteiger partial charge in [-0.15, -0.1) is 0 Å². The highest BCUT2D eigenvalue weighted by Crippen LogP contribution is 2.15. The van der Waals surface area contributed by atoms with Crippen LogP contribution in [-0.2, 0) is 4.74 Å². The Bertz CT molecular complexity index is 550. The second kappa shape index (κ2) is 4.00. The molecule has 16 heavy (non-hydrogen) atoms. The molecule has 1 heterocycles. The molecule has 5 heteroatoms. The number of nitrogens with one attached hydrogen (secondary N) is 1. The molecule has 0 saturated heterocycles. The van der Waals surface area contributed by atoms with E-state index in [1.54, 1.807) is 6.92 Å². The van der Waals surface area contributed by atoms with Crippen LogP contribution in [0.4, 0.5) is 4.39 Å². The Labute approximate surface area is 93.0 Å². The number of carbonyl (C=O) groups is 1. The lowest BCUT2D eigenvalue weighted by atomic mass is 9.94. The maximum absolute atomic E-state index is 13.0. The molecule has 80 valence electrons.